The van der Waals surface area contributed by atoms with E-state index in [0.717, 1.165) is 23.0 Å². The first-order valence-corrected chi connectivity index (χ1v) is 11.0. The lowest BCUT2D eigenvalue weighted by Gasteiger charge is -2.22. The molecule has 0 fully saturated rings. The van der Waals surface area contributed by atoms with Crippen molar-refractivity contribution >= 4 is 33.9 Å². The fourth-order valence-electron chi connectivity index (χ4n) is 3.89. The van der Waals surface area contributed by atoms with Crippen LogP contribution in [0.1, 0.15) is 0 Å². The van der Waals surface area contributed by atoms with Crippen molar-refractivity contribution in [1.29, 1.82) is 0 Å². The predicted octanol–water partition coefficient (Wildman–Crippen LogP) is 3.69. The summed E-state index contributed by atoms with van der Waals surface area (Å²) in [5.74, 6) is 1.18. The molecular formula is C24H28N8O3. The predicted molar refractivity (Wildman–Crippen MR) is 136 cm³/mol. The van der Waals surface area contributed by atoms with Crippen LogP contribution in [0.4, 0.5) is 23.0 Å². The van der Waals surface area contributed by atoms with Crippen molar-refractivity contribution in [3.05, 3.63) is 59.0 Å². The molecule has 11 nitrogen and oxygen atoms in total. The van der Waals surface area contributed by atoms with E-state index < -0.39 is 4.92 Å². The van der Waals surface area contributed by atoms with E-state index in [1.54, 1.807) is 6.07 Å². The Balaban J connectivity index is 1.70. The number of para-hydroxylation sites is 1. The first-order valence-electron chi connectivity index (χ1n) is 11.0. The molecule has 0 spiro atoms. The van der Waals surface area contributed by atoms with Crippen molar-refractivity contribution in [1.82, 2.24) is 24.4 Å². The van der Waals surface area contributed by atoms with E-state index in [2.05, 4.69) is 20.3 Å². The monoisotopic (exact) mass is 476 g/mol. The number of likely N-dealkylation sites (N-methyl/N-ethyl adjacent to an activating group) is 2. The summed E-state index contributed by atoms with van der Waals surface area (Å²) in [4.78, 5) is 28.5. The Hall–Kier alpha value is -4.25. The topological polar surface area (TPSA) is 114 Å². The SMILES string of the molecule is COc1cc(N(C)CCN(C)C)c([N+](=O)[O-])cc1Nc1ncnc(-c2cccc3ccn(C)c23)n1. The standard InChI is InChI=1S/C24H28N8O3/c1-29(2)11-12-30(3)19-14-21(35-5)18(13-20(19)32(33)34)27-24-26-15-25-23(28-24)17-8-6-7-16-9-10-31(4)22(16)17/h6-10,13-15H,11-12H2,1-5H3,(H,25,26,27,28). The molecule has 4 rings (SSSR count). The molecule has 2 aromatic heterocycles. The van der Waals surface area contributed by atoms with Crippen LogP contribution in [0.5, 0.6) is 5.75 Å². The molecule has 182 valence electrons. The Morgan fingerprint density at radius 2 is 1.94 bits per heavy atom. The van der Waals surface area contributed by atoms with Crippen LogP contribution in [0.2, 0.25) is 0 Å². The zero-order valence-corrected chi connectivity index (χ0v) is 20.4. The van der Waals surface area contributed by atoms with Crippen LogP contribution in [0.15, 0.2) is 48.9 Å². The minimum Gasteiger partial charge on any atom is -0.494 e. The molecule has 4 aromatic rings. The van der Waals surface area contributed by atoms with E-state index in [1.807, 2.05) is 73.0 Å². The average Bonchev–Trinajstić information content (AvgIpc) is 3.23. The summed E-state index contributed by atoms with van der Waals surface area (Å²) in [6.45, 7) is 1.36. The van der Waals surface area contributed by atoms with Gasteiger partial charge in [0.2, 0.25) is 5.95 Å². The first kappa shape index (κ1) is 23.9. The lowest BCUT2D eigenvalue weighted by molar-refractivity contribution is -0.384. The third-order valence-electron chi connectivity index (χ3n) is 5.74. The van der Waals surface area contributed by atoms with Crippen LogP contribution in [-0.4, -0.2) is 70.7 Å². The van der Waals surface area contributed by atoms with Crippen molar-refractivity contribution in [3.8, 4) is 17.1 Å². The fourth-order valence-corrected chi connectivity index (χ4v) is 3.89. The van der Waals surface area contributed by atoms with Crippen LogP contribution in [0, 0.1) is 10.1 Å². The number of benzene rings is 2. The molecule has 0 bridgehead atoms. The number of nitrogens with zero attached hydrogens (tertiary/aromatic N) is 7. The van der Waals surface area contributed by atoms with E-state index in [9.17, 15) is 10.1 Å². The largest absolute Gasteiger partial charge is 0.494 e. The van der Waals surface area contributed by atoms with Gasteiger partial charge in [-0.25, -0.2) is 9.97 Å². The number of nitro groups is 1. The quantitative estimate of drug-likeness (QED) is 0.285. The molecule has 1 N–H and O–H groups in total. The molecular weight excluding hydrogens is 448 g/mol. The minimum atomic E-state index is -0.402. The Morgan fingerprint density at radius 1 is 1.14 bits per heavy atom. The van der Waals surface area contributed by atoms with Gasteiger partial charge in [-0.3, -0.25) is 10.1 Å². The molecule has 0 aliphatic heterocycles. The van der Waals surface area contributed by atoms with E-state index >= 15 is 0 Å². The van der Waals surface area contributed by atoms with E-state index in [1.165, 1.54) is 19.5 Å². The summed E-state index contributed by atoms with van der Waals surface area (Å²) in [6.07, 6.45) is 3.40. The maximum atomic E-state index is 11.9. The van der Waals surface area contributed by atoms with Gasteiger partial charge in [0.05, 0.1) is 23.2 Å². The highest BCUT2D eigenvalue weighted by atomic mass is 16.6. The van der Waals surface area contributed by atoms with Crippen LogP contribution in [0.25, 0.3) is 22.3 Å². The third kappa shape index (κ3) is 4.99. The molecule has 0 saturated heterocycles. The van der Waals surface area contributed by atoms with Crippen LogP contribution in [-0.2, 0) is 7.05 Å². The average molecular weight is 477 g/mol. The van der Waals surface area contributed by atoms with Gasteiger partial charge in [0.1, 0.15) is 17.8 Å². The number of nitrogens with one attached hydrogen (secondary N) is 1. The summed E-state index contributed by atoms with van der Waals surface area (Å²) >= 11 is 0. The molecule has 2 heterocycles. The molecule has 0 atom stereocenters. The van der Waals surface area contributed by atoms with Crippen molar-refractivity contribution in [2.24, 2.45) is 7.05 Å². The first-order chi connectivity index (χ1) is 16.8. The molecule has 0 radical (unpaired) electrons. The number of aryl methyl sites for hydroxylation is 1. The van der Waals surface area contributed by atoms with Crippen molar-refractivity contribution in [3.63, 3.8) is 0 Å². The maximum absolute atomic E-state index is 11.9. The van der Waals surface area contributed by atoms with E-state index in [4.69, 9.17) is 4.74 Å². The molecule has 11 heteroatoms. The van der Waals surface area contributed by atoms with Gasteiger partial charge in [-0.1, -0.05) is 12.1 Å². The van der Waals surface area contributed by atoms with Gasteiger partial charge >= 0.3 is 0 Å². The number of nitro benzene ring substituents is 1. The molecule has 35 heavy (non-hydrogen) atoms. The normalized spacial score (nSPS) is 11.1. The van der Waals surface area contributed by atoms with Gasteiger partial charge in [0.15, 0.2) is 5.82 Å². The van der Waals surface area contributed by atoms with E-state index in [0.29, 0.717) is 29.5 Å². The van der Waals surface area contributed by atoms with Crippen molar-refractivity contribution < 1.29 is 9.66 Å². The number of aromatic nitrogens is 4. The summed E-state index contributed by atoms with van der Waals surface area (Å²) < 4.78 is 7.56. The number of hydrogen-bond acceptors (Lipinski definition) is 9. The van der Waals surface area contributed by atoms with Crippen molar-refractivity contribution in [2.75, 3.05) is 51.6 Å². The Labute approximate surface area is 203 Å². The van der Waals surface area contributed by atoms with Gasteiger partial charge in [-0.05, 0) is 26.2 Å². The molecule has 0 aliphatic carbocycles. The maximum Gasteiger partial charge on any atom is 0.294 e. The van der Waals surface area contributed by atoms with Gasteiger partial charge in [-0.15, -0.1) is 0 Å². The molecule has 0 aliphatic rings. The van der Waals surface area contributed by atoms with Crippen LogP contribution < -0.4 is 15.0 Å². The number of hydrogen-bond donors (Lipinski definition) is 1. The number of methoxy groups -OCH3 is 1. The second kappa shape index (κ2) is 9.94. The second-order valence-corrected chi connectivity index (χ2v) is 8.45. The zero-order chi connectivity index (χ0) is 25.1. The highest BCUT2D eigenvalue weighted by molar-refractivity contribution is 5.93. The van der Waals surface area contributed by atoms with Crippen LogP contribution in [0.3, 0.4) is 0 Å². The van der Waals surface area contributed by atoms with E-state index in [-0.39, 0.29) is 11.6 Å². The number of ether oxygens (including phenoxy) is 1. The van der Waals surface area contributed by atoms with Crippen LogP contribution >= 0.6 is 0 Å². The summed E-state index contributed by atoms with van der Waals surface area (Å²) in [7, 11) is 9.22. The summed E-state index contributed by atoms with van der Waals surface area (Å²) in [6, 6.07) is 11.1. The van der Waals surface area contributed by atoms with Gasteiger partial charge in [-0.2, -0.15) is 4.98 Å². The van der Waals surface area contributed by atoms with Gasteiger partial charge < -0.3 is 24.4 Å². The fraction of sp³-hybridized carbons (Fsp3) is 0.292. The second-order valence-electron chi connectivity index (χ2n) is 8.45. The van der Waals surface area contributed by atoms with Gasteiger partial charge in [0, 0.05) is 56.5 Å². The smallest absolute Gasteiger partial charge is 0.294 e. The number of anilines is 3. The lowest BCUT2D eigenvalue weighted by atomic mass is 10.1. The van der Waals surface area contributed by atoms with Crippen molar-refractivity contribution in [2.45, 2.75) is 0 Å². The Bertz CT molecular complexity index is 1370. The number of rotatable bonds is 9. The summed E-state index contributed by atoms with van der Waals surface area (Å²) in [5.41, 5.74) is 2.67. The number of fused-ring (bicyclic) bond motifs is 1. The summed E-state index contributed by atoms with van der Waals surface area (Å²) in [5, 5.41) is 16.0. The molecule has 0 amide bonds. The Kier molecular flexibility index (Phi) is 6.78. The minimum absolute atomic E-state index is 0.0441. The van der Waals surface area contributed by atoms with Gasteiger partial charge in [0.25, 0.3) is 5.69 Å². The molecule has 0 unspecified atom stereocenters. The lowest BCUT2D eigenvalue weighted by Crippen LogP contribution is -2.28. The third-order valence-corrected chi connectivity index (χ3v) is 5.74. The highest BCUT2D eigenvalue weighted by Crippen LogP contribution is 2.39. The zero-order valence-electron chi connectivity index (χ0n) is 20.4. The molecule has 2 aromatic carbocycles. The Morgan fingerprint density at radius 3 is 2.66 bits per heavy atom. The highest BCUT2D eigenvalue weighted by Gasteiger charge is 2.22. The molecule has 0 saturated carbocycles.